The van der Waals surface area contributed by atoms with Crippen LogP contribution in [0, 0.1) is 0 Å². The molecule has 0 bridgehead atoms. The molecule has 0 aromatic rings. The Morgan fingerprint density at radius 3 is 2.50 bits per heavy atom. The summed E-state index contributed by atoms with van der Waals surface area (Å²) in [4.78, 5) is 10.6. The largest absolute Gasteiger partial charge is 0.347 e. The molecule has 0 aromatic heterocycles. The Labute approximate surface area is 61.3 Å². The molecule has 0 spiro atoms. The van der Waals surface area contributed by atoms with Crippen LogP contribution >= 0.6 is 0 Å². The minimum atomic E-state index is -0.0914. The molecule has 1 aliphatic rings. The average Bonchev–Trinajstić information content (AvgIpc) is 1.84. The lowest BCUT2D eigenvalue weighted by Crippen LogP contribution is -2.51. The minimum absolute atomic E-state index is 0.0309. The van der Waals surface area contributed by atoms with E-state index in [-0.39, 0.29) is 11.4 Å². The highest BCUT2D eigenvalue weighted by atomic mass is 16.1. The summed E-state index contributed by atoms with van der Waals surface area (Å²) >= 11 is 0. The molecule has 1 amide bonds. The molecule has 0 aromatic carbocycles. The molecule has 10 heavy (non-hydrogen) atoms. The smallest absolute Gasteiger partial charge is 0.217 e. The van der Waals surface area contributed by atoms with E-state index >= 15 is 0 Å². The third kappa shape index (κ3) is 1.06. The van der Waals surface area contributed by atoms with Gasteiger partial charge in [-0.3, -0.25) is 4.79 Å². The van der Waals surface area contributed by atoms with E-state index in [1.165, 1.54) is 6.92 Å². The van der Waals surface area contributed by atoms with Crippen LogP contribution in [-0.4, -0.2) is 11.4 Å². The molecular weight excluding hydrogens is 126 g/mol. The average molecular weight is 139 g/mol. The van der Waals surface area contributed by atoms with Crippen LogP contribution in [0.3, 0.4) is 0 Å². The Morgan fingerprint density at radius 1 is 1.80 bits per heavy atom. The standard InChI is InChI=1S/C8H13NO/c1-6-4-5-8(6,3)9-7(2)10/h1,4-5H2,2-3H3,(H,9,10)/t8-/m0/s1. The van der Waals surface area contributed by atoms with Crippen molar-refractivity contribution in [3.05, 3.63) is 12.2 Å². The summed E-state index contributed by atoms with van der Waals surface area (Å²) in [5.41, 5.74) is 1.05. The molecule has 1 fully saturated rings. The first-order chi connectivity index (χ1) is 4.54. The van der Waals surface area contributed by atoms with E-state index in [4.69, 9.17) is 0 Å². The predicted molar refractivity (Wildman–Crippen MR) is 40.6 cm³/mol. The number of nitrogens with one attached hydrogen (secondary N) is 1. The molecule has 2 nitrogen and oxygen atoms in total. The van der Waals surface area contributed by atoms with Gasteiger partial charge in [-0.2, -0.15) is 0 Å². The van der Waals surface area contributed by atoms with Crippen LogP contribution in [-0.2, 0) is 4.79 Å². The predicted octanol–water partition coefficient (Wildman–Crippen LogP) is 1.23. The molecule has 0 heterocycles. The van der Waals surface area contributed by atoms with Gasteiger partial charge >= 0.3 is 0 Å². The maximum atomic E-state index is 10.6. The summed E-state index contributed by atoms with van der Waals surface area (Å²) in [6.45, 7) is 7.40. The zero-order valence-corrected chi connectivity index (χ0v) is 6.53. The lowest BCUT2D eigenvalue weighted by Gasteiger charge is -2.41. The van der Waals surface area contributed by atoms with E-state index in [1.807, 2.05) is 6.92 Å². The fraction of sp³-hybridized carbons (Fsp3) is 0.625. The maximum Gasteiger partial charge on any atom is 0.217 e. The zero-order valence-electron chi connectivity index (χ0n) is 6.53. The second kappa shape index (κ2) is 2.11. The molecule has 2 heteroatoms. The number of hydrogen-bond acceptors (Lipinski definition) is 1. The van der Waals surface area contributed by atoms with Gasteiger partial charge in [0.2, 0.25) is 5.91 Å². The van der Waals surface area contributed by atoms with Crippen LogP contribution in [0.5, 0.6) is 0 Å². The van der Waals surface area contributed by atoms with Gasteiger partial charge in [0.25, 0.3) is 0 Å². The van der Waals surface area contributed by atoms with Gasteiger partial charge in [-0.25, -0.2) is 0 Å². The Bertz CT molecular complexity index is 186. The van der Waals surface area contributed by atoms with Crippen LogP contribution < -0.4 is 5.32 Å². The van der Waals surface area contributed by atoms with Crippen LogP contribution in [0.15, 0.2) is 12.2 Å². The van der Waals surface area contributed by atoms with Crippen molar-refractivity contribution in [1.82, 2.24) is 5.32 Å². The summed E-state index contributed by atoms with van der Waals surface area (Å²) in [7, 11) is 0. The summed E-state index contributed by atoms with van der Waals surface area (Å²) in [5.74, 6) is 0.0309. The normalized spacial score (nSPS) is 31.2. The molecule has 1 saturated carbocycles. The molecule has 0 saturated heterocycles. The Morgan fingerprint density at radius 2 is 2.40 bits per heavy atom. The quantitative estimate of drug-likeness (QED) is 0.544. The highest BCUT2D eigenvalue weighted by Gasteiger charge is 2.36. The number of hydrogen-bond donors (Lipinski definition) is 1. The van der Waals surface area contributed by atoms with E-state index in [0.717, 1.165) is 18.4 Å². The van der Waals surface area contributed by atoms with Crippen LogP contribution in [0.2, 0.25) is 0 Å². The van der Waals surface area contributed by atoms with Gasteiger partial charge in [0.15, 0.2) is 0 Å². The number of carbonyl (C=O) groups excluding carboxylic acids is 1. The van der Waals surface area contributed by atoms with Crippen molar-refractivity contribution in [3.63, 3.8) is 0 Å². The fourth-order valence-corrected chi connectivity index (χ4v) is 1.22. The fourth-order valence-electron chi connectivity index (χ4n) is 1.22. The Balaban J connectivity index is 2.53. The molecule has 56 valence electrons. The highest BCUT2D eigenvalue weighted by molar-refractivity contribution is 5.74. The van der Waals surface area contributed by atoms with Crippen molar-refractivity contribution in [2.45, 2.75) is 32.2 Å². The first-order valence-corrected chi connectivity index (χ1v) is 3.51. The van der Waals surface area contributed by atoms with Crippen LogP contribution in [0.4, 0.5) is 0 Å². The molecule has 0 radical (unpaired) electrons. The van der Waals surface area contributed by atoms with Crippen LogP contribution in [0.25, 0.3) is 0 Å². The maximum absolute atomic E-state index is 10.6. The van der Waals surface area contributed by atoms with E-state index in [9.17, 15) is 4.79 Å². The van der Waals surface area contributed by atoms with Gasteiger partial charge in [-0.05, 0) is 19.8 Å². The van der Waals surface area contributed by atoms with E-state index in [2.05, 4.69) is 11.9 Å². The van der Waals surface area contributed by atoms with Crippen molar-refractivity contribution < 1.29 is 4.79 Å². The summed E-state index contributed by atoms with van der Waals surface area (Å²) < 4.78 is 0. The second-order valence-electron chi connectivity index (χ2n) is 3.12. The van der Waals surface area contributed by atoms with Crippen molar-refractivity contribution in [1.29, 1.82) is 0 Å². The number of carbonyl (C=O) groups is 1. The monoisotopic (exact) mass is 139 g/mol. The molecule has 1 rings (SSSR count). The van der Waals surface area contributed by atoms with E-state index < -0.39 is 0 Å². The number of rotatable bonds is 1. The Kier molecular flexibility index (Phi) is 1.55. The van der Waals surface area contributed by atoms with Crippen molar-refractivity contribution >= 4 is 5.91 Å². The van der Waals surface area contributed by atoms with Gasteiger partial charge in [-0.15, -0.1) is 0 Å². The Hall–Kier alpha value is -0.790. The second-order valence-corrected chi connectivity index (χ2v) is 3.12. The zero-order chi connectivity index (χ0) is 7.78. The highest BCUT2D eigenvalue weighted by Crippen LogP contribution is 2.35. The third-order valence-corrected chi connectivity index (χ3v) is 2.16. The third-order valence-electron chi connectivity index (χ3n) is 2.16. The van der Waals surface area contributed by atoms with E-state index in [0.29, 0.717) is 0 Å². The minimum Gasteiger partial charge on any atom is -0.347 e. The van der Waals surface area contributed by atoms with Crippen molar-refractivity contribution in [2.24, 2.45) is 0 Å². The molecule has 0 aliphatic heterocycles. The van der Waals surface area contributed by atoms with Crippen molar-refractivity contribution in [3.8, 4) is 0 Å². The van der Waals surface area contributed by atoms with E-state index in [1.54, 1.807) is 0 Å². The SMILES string of the molecule is C=C1CC[C@]1(C)NC(C)=O. The van der Waals surface area contributed by atoms with Crippen LogP contribution in [0.1, 0.15) is 26.7 Å². The molecule has 0 unspecified atom stereocenters. The van der Waals surface area contributed by atoms with Gasteiger partial charge in [0, 0.05) is 6.92 Å². The number of amides is 1. The summed E-state index contributed by atoms with van der Waals surface area (Å²) in [6.07, 6.45) is 2.09. The first kappa shape index (κ1) is 7.32. The molecule has 1 N–H and O–H groups in total. The molecule has 1 aliphatic carbocycles. The van der Waals surface area contributed by atoms with Gasteiger partial charge < -0.3 is 5.32 Å². The van der Waals surface area contributed by atoms with Gasteiger partial charge in [-0.1, -0.05) is 12.2 Å². The van der Waals surface area contributed by atoms with Gasteiger partial charge in [0.1, 0.15) is 0 Å². The summed E-state index contributed by atoms with van der Waals surface area (Å²) in [6, 6.07) is 0. The lowest BCUT2D eigenvalue weighted by atomic mass is 9.74. The van der Waals surface area contributed by atoms with Gasteiger partial charge in [0.05, 0.1) is 5.54 Å². The first-order valence-electron chi connectivity index (χ1n) is 3.51. The topological polar surface area (TPSA) is 29.1 Å². The molecular formula is C8H13NO. The summed E-state index contributed by atoms with van der Waals surface area (Å²) in [5, 5.41) is 2.87. The van der Waals surface area contributed by atoms with Crippen molar-refractivity contribution in [2.75, 3.05) is 0 Å². The molecule has 1 atom stereocenters. The lowest BCUT2D eigenvalue weighted by molar-refractivity contribution is -0.120.